The molecule has 3 nitrogen and oxygen atoms in total. The van der Waals surface area contributed by atoms with E-state index in [-0.39, 0.29) is 0 Å². The summed E-state index contributed by atoms with van der Waals surface area (Å²) in [6.45, 7) is 0. The summed E-state index contributed by atoms with van der Waals surface area (Å²) in [6.07, 6.45) is 2.95. The summed E-state index contributed by atoms with van der Waals surface area (Å²) >= 11 is 0. The highest BCUT2D eigenvalue weighted by atomic mass is 19.4. The maximum absolute atomic E-state index is 12.9. The zero-order valence-electron chi connectivity index (χ0n) is 15.8. The van der Waals surface area contributed by atoms with Crippen molar-refractivity contribution in [2.45, 2.75) is 24.9 Å². The molecule has 3 aromatic heterocycles. The van der Waals surface area contributed by atoms with Gasteiger partial charge in [-0.25, -0.2) is 4.52 Å². The van der Waals surface area contributed by atoms with E-state index < -0.39 is 11.7 Å². The summed E-state index contributed by atoms with van der Waals surface area (Å²) in [6, 6.07) is 13.0. The molecule has 0 radical (unpaired) electrons. The monoisotopic (exact) mass is 403 g/mol. The van der Waals surface area contributed by atoms with Crippen molar-refractivity contribution in [2.75, 3.05) is 0 Å². The number of rotatable bonds is 2. The van der Waals surface area contributed by atoms with E-state index in [0.717, 1.165) is 58.4 Å². The lowest BCUT2D eigenvalue weighted by Crippen LogP contribution is -2.04. The van der Waals surface area contributed by atoms with Gasteiger partial charge in [0.1, 0.15) is 0 Å². The van der Waals surface area contributed by atoms with Crippen LogP contribution in [0.2, 0.25) is 0 Å². The highest BCUT2D eigenvalue weighted by molar-refractivity contribution is 5.74. The van der Waals surface area contributed by atoms with Crippen LogP contribution in [0.25, 0.3) is 16.6 Å². The van der Waals surface area contributed by atoms with Gasteiger partial charge in [0.05, 0.1) is 22.8 Å². The molecule has 5 rings (SSSR count). The Balaban J connectivity index is 1.61. The SMILES string of the molecule is FC(F)(F)c1ccc(-c2cc(C3CC3)n3ncc(C#Cc4cccnc4)c3c2)cc1. The summed E-state index contributed by atoms with van der Waals surface area (Å²) in [7, 11) is 0. The quantitative estimate of drug-likeness (QED) is 0.403. The number of halogens is 3. The van der Waals surface area contributed by atoms with E-state index in [9.17, 15) is 13.2 Å². The van der Waals surface area contributed by atoms with Crippen LogP contribution in [0.15, 0.2) is 67.1 Å². The third kappa shape index (κ3) is 3.55. The third-order valence-electron chi connectivity index (χ3n) is 5.19. The first kappa shape index (κ1) is 18.4. The number of hydrogen-bond donors (Lipinski definition) is 0. The lowest BCUT2D eigenvalue weighted by Gasteiger charge is -2.10. The molecule has 1 aliphatic rings. The number of nitrogens with zero attached hydrogens (tertiary/aromatic N) is 3. The molecule has 4 aromatic rings. The summed E-state index contributed by atoms with van der Waals surface area (Å²) in [4.78, 5) is 4.07. The molecule has 0 amide bonds. The Kier molecular flexibility index (Phi) is 4.32. The fraction of sp³-hybridized carbons (Fsp3) is 0.167. The number of aromatic nitrogens is 3. The van der Waals surface area contributed by atoms with E-state index in [1.54, 1.807) is 18.6 Å². The Morgan fingerprint density at radius 1 is 0.933 bits per heavy atom. The van der Waals surface area contributed by atoms with Crippen molar-refractivity contribution in [1.29, 1.82) is 0 Å². The molecule has 0 bridgehead atoms. The Morgan fingerprint density at radius 3 is 2.40 bits per heavy atom. The van der Waals surface area contributed by atoms with Crippen LogP contribution in [0.3, 0.4) is 0 Å². The number of benzene rings is 1. The lowest BCUT2D eigenvalue weighted by molar-refractivity contribution is -0.137. The van der Waals surface area contributed by atoms with Crippen LogP contribution in [0, 0.1) is 11.8 Å². The van der Waals surface area contributed by atoms with Gasteiger partial charge in [-0.2, -0.15) is 18.3 Å². The molecule has 1 saturated carbocycles. The maximum atomic E-state index is 12.9. The molecular formula is C24H16F3N3. The first-order chi connectivity index (χ1) is 14.5. The molecule has 0 saturated heterocycles. The molecule has 0 unspecified atom stereocenters. The summed E-state index contributed by atoms with van der Waals surface area (Å²) in [5, 5.41) is 4.52. The first-order valence-corrected chi connectivity index (χ1v) is 9.60. The van der Waals surface area contributed by atoms with Crippen LogP contribution in [-0.2, 0) is 6.18 Å². The van der Waals surface area contributed by atoms with E-state index in [4.69, 9.17) is 0 Å². The molecular weight excluding hydrogens is 387 g/mol. The van der Waals surface area contributed by atoms with Crippen molar-refractivity contribution in [3.05, 3.63) is 89.5 Å². The van der Waals surface area contributed by atoms with Gasteiger partial charge in [0.15, 0.2) is 0 Å². The van der Waals surface area contributed by atoms with E-state index in [1.165, 1.54) is 12.1 Å². The van der Waals surface area contributed by atoms with Crippen LogP contribution in [0.1, 0.15) is 41.1 Å². The predicted octanol–water partition coefficient (Wildman–Crippen LogP) is 5.69. The van der Waals surface area contributed by atoms with E-state index in [1.807, 2.05) is 28.8 Å². The number of fused-ring (bicyclic) bond motifs is 1. The normalized spacial score (nSPS) is 13.8. The van der Waals surface area contributed by atoms with Crippen molar-refractivity contribution in [1.82, 2.24) is 14.6 Å². The van der Waals surface area contributed by atoms with Crippen LogP contribution in [0.4, 0.5) is 13.2 Å². The summed E-state index contributed by atoms with van der Waals surface area (Å²) in [5.41, 5.74) is 4.44. The van der Waals surface area contributed by atoms with Crippen molar-refractivity contribution >= 4 is 5.52 Å². The average molecular weight is 403 g/mol. The molecule has 0 atom stereocenters. The van der Waals surface area contributed by atoms with Gasteiger partial charge in [0, 0.05) is 29.6 Å². The molecule has 30 heavy (non-hydrogen) atoms. The number of pyridine rings is 2. The predicted molar refractivity (Wildman–Crippen MR) is 108 cm³/mol. The topological polar surface area (TPSA) is 30.2 Å². The highest BCUT2D eigenvalue weighted by Crippen LogP contribution is 2.42. The fourth-order valence-electron chi connectivity index (χ4n) is 3.47. The largest absolute Gasteiger partial charge is 0.416 e. The average Bonchev–Trinajstić information content (AvgIpc) is 3.52. The zero-order valence-corrected chi connectivity index (χ0v) is 15.8. The van der Waals surface area contributed by atoms with Gasteiger partial charge < -0.3 is 0 Å². The van der Waals surface area contributed by atoms with Gasteiger partial charge in [0.2, 0.25) is 0 Å². The van der Waals surface area contributed by atoms with Crippen LogP contribution in [-0.4, -0.2) is 14.6 Å². The van der Waals surface area contributed by atoms with Gasteiger partial charge in [-0.3, -0.25) is 4.98 Å². The standard InChI is InChI=1S/C24H16F3N3/c25-24(26,27)21-9-7-17(8-10-21)20-12-22(18-5-6-18)30-23(13-20)19(15-29-30)4-3-16-2-1-11-28-14-16/h1-2,7-15,18H,5-6H2. The second kappa shape index (κ2) is 7.03. The minimum absolute atomic E-state index is 0.418. The van der Waals surface area contributed by atoms with Gasteiger partial charge in [-0.1, -0.05) is 24.0 Å². The van der Waals surface area contributed by atoms with E-state index in [0.29, 0.717) is 5.92 Å². The van der Waals surface area contributed by atoms with Crippen molar-refractivity contribution < 1.29 is 13.2 Å². The Hall–Kier alpha value is -3.59. The Labute approximate surface area is 171 Å². The van der Waals surface area contributed by atoms with Crippen molar-refractivity contribution in [3.63, 3.8) is 0 Å². The van der Waals surface area contributed by atoms with Gasteiger partial charge in [-0.05, 0) is 60.4 Å². The summed E-state index contributed by atoms with van der Waals surface area (Å²) in [5.74, 6) is 6.67. The van der Waals surface area contributed by atoms with Gasteiger partial charge in [-0.15, -0.1) is 0 Å². The smallest absolute Gasteiger partial charge is 0.263 e. The molecule has 0 N–H and O–H groups in total. The molecule has 0 aliphatic heterocycles. The second-order valence-corrected chi connectivity index (χ2v) is 7.37. The Morgan fingerprint density at radius 2 is 1.73 bits per heavy atom. The molecule has 148 valence electrons. The van der Waals surface area contributed by atoms with Gasteiger partial charge in [0.25, 0.3) is 0 Å². The van der Waals surface area contributed by atoms with Crippen molar-refractivity contribution in [3.8, 4) is 23.0 Å². The molecule has 1 fully saturated rings. The Bertz CT molecular complexity index is 1270. The molecule has 1 aromatic carbocycles. The van der Waals surface area contributed by atoms with Crippen molar-refractivity contribution in [2.24, 2.45) is 0 Å². The van der Waals surface area contributed by atoms with Crippen LogP contribution in [0.5, 0.6) is 0 Å². The first-order valence-electron chi connectivity index (χ1n) is 9.60. The lowest BCUT2D eigenvalue weighted by atomic mass is 10.0. The summed E-state index contributed by atoms with van der Waals surface area (Å²) < 4.78 is 40.6. The second-order valence-electron chi connectivity index (χ2n) is 7.37. The van der Waals surface area contributed by atoms with Crippen LogP contribution >= 0.6 is 0 Å². The number of alkyl halides is 3. The molecule has 3 heterocycles. The fourth-order valence-corrected chi connectivity index (χ4v) is 3.47. The minimum atomic E-state index is -4.35. The molecule has 0 spiro atoms. The van der Waals surface area contributed by atoms with Crippen LogP contribution < -0.4 is 0 Å². The molecule has 6 heteroatoms. The molecule has 1 aliphatic carbocycles. The third-order valence-corrected chi connectivity index (χ3v) is 5.19. The van der Waals surface area contributed by atoms with Gasteiger partial charge >= 0.3 is 6.18 Å². The number of hydrogen-bond acceptors (Lipinski definition) is 2. The highest BCUT2D eigenvalue weighted by Gasteiger charge is 2.30. The van der Waals surface area contributed by atoms with E-state index in [2.05, 4.69) is 21.9 Å². The zero-order chi connectivity index (χ0) is 20.7. The van der Waals surface area contributed by atoms with E-state index >= 15 is 0 Å². The maximum Gasteiger partial charge on any atom is 0.416 e. The minimum Gasteiger partial charge on any atom is -0.263 e.